The van der Waals surface area contributed by atoms with Gasteiger partial charge in [0.15, 0.2) is 0 Å². The van der Waals surface area contributed by atoms with Crippen LogP contribution in [0.15, 0.2) is 59.5 Å². The van der Waals surface area contributed by atoms with Gasteiger partial charge < -0.3 is 25.6 Å². The van der Waals surface area contributed by atoms with Crippen molar-refractivity contribution in [2.24, 2.45) is 17.6 Å². The van der Waals surface area contributed by atoms with Crippen molar-refractivity contribution in [3.05, 3.63) is 81.2 Å². The van der Waals surface area contributed by atoms with Crippen molar-refractivity contribution < 1.29 is 32.5 Å². The summed E-state index contributed by atoms with van der Waals surface area (Å²) in [6.07, 6.45) is -3.04. The van der Waals surface area contributed by atoms with E-state index in [1.54, 1.807) is 31.4 Å². The maximum absolute atomic E-state index is 13.9. The SMILES string of the molecule is CO[C@H](C[C@@H](C(=O)Nc1ccc(C(N)O)cc1)n1cc2c(cc1=O)-c1cc(Cl)ccc1C[C@@H](C(F)(F)F)CO2)C1CC1. The zero-order valence-corrected chi connectivity index (χ0v) is 23.5. The predicted molar refractivity (Wildman–Crippen MR) is 151 cm³/mol. The van der Waals surface area contributed by atoms with E-state index < -0.39 is 42.4 Å². The van der Waals surface area contributed by atoms with Gasteiger partial charge in [-0.15, -0.1) is 0 Å². The molecule has 3 aromatic rings. The van der Waals surface area contributed by atoms with Crippen LogP contribution < -0.4 is 21.3 Å². The Labute approximate surface area is 245 Å². The predicted octanol–water partition coefficient (Wildman–Crippen LogP) is 5.23. The number of nitrogens with one attached hydrogen (secondary N) is 1. The molecule has 224 valence electrons. The number of carbonyl (C=O) groups is 1. The van der Waals surface area contributed by atoms with Gasteiger partial charge in [-0.25, -0.2) is 0 Å². The molecule has 2 aliphatic rings. The molecule has 1 saturated carbocycles. The molecule has 12 heteroatoms. The van der Waals surface area contributed by atoms with Crippen LogP contribution in [0.1, 0.15) is 42.7 Å². The fraction of sp³-hybridized carbons (Fsp3) is 0.400. The molecule has 1 aliphatic carbocycles. The number of nitrogens with zero attached hydrogens (tertiary/aromatic N) is 1. The van der Waals surface area contributed by atoms with Gasteiger partial charge in [0.05, 0.1) is 18.2 Å². The molecule has 0 spiro atoms. The quantitative estimate of drug-likeness (QED) is 0.303. The normalized spacial score (nSPS) is 18.9. The van der Waals surface area contributed by atoms with Crippen molar-refractivity contribution in [1.29, 1.82) is 0 Å². The van der Waals surface area contributed by atoms with Crippen LogP contribution in [0.25, 0.3) is 11.1 Å². The van der Waals surface area contributed by atoms with Crippen molar-refractivity contribution in [3.63, 3.8) is 0 Å². The highest BCUT2D eigenvalue weighted by Gasteiger charge is 2.42. The van der Waals surface area contributed by atoms with Crippen molar-refractivity contribution in [3.8, 4) is 16.9 Å². The molecular formula is C30H31ClF3N3O5. The lowest BCUT2D eigenvalue weighted by Gasteiger charge is -2.28. The van der Waals surface area contributed by atoms with Gasteiger partial charge in [0.25, 0.3) is 5.56 Å². The lowest BCUT2D eigenvalue weighted by Crippen LogP contribution is -2.37. The fourth-order valence-electron chi connectivity index (χ4n) is 5.31. The third kappa shape index (κ3) is 6.64. The summed E-state index contributed by atoms with van der Waals surface area (Å²) in [7, 11) is 1.54. The topological polar surface area (TPSA) is 116 Å². The molecule has 0 radical (unpaired) electrons. The Bertz CT molecular complexity index is 1510. The number of benzene rings is 2. The maximum atomic E-state index is 13.9. The van der Waals surface area contributed by atoms with Crippen LogP contribution in [0.3, 0.4) is 0 Å². The van der Waals surface area contributed by atoms with Gasteiger partial charge in [-0.3, -0.25) is 14.2 Å². The molecule has 0 saturated heterocycles. The molecule has 4 atom stereocenters. The molecule has 2 aromatic carbocycles. The minimum absolute atomic E-state index is 0.0338. The van der Waals surface area contributed by atoms with Crippen LogP contribution >= 0.6 is 11.6 Å². The van der Waals surface area contributed by atoms with E-state index in [1.165, 1.54) is 35.0 Å². The van der Waals surface area contributed by atoms with Crippen LogP contribution in [0.4, 0.5) is 18.9 Å². The number of hydrogen-bond donors (Lipinski definition) is 3. The van der Waals surface area contributed by atoms with Gasteiger partial charge in [0, 0.05) is 35.9 Å². The standard InChI is InChI=1S/C30H31ClF3N3O5/c1-41-25(16-2-3-16)13-24(29(40)36-21-8-5-17(6-9-21)28(35)39)37-14-26-23(12-27(37)38)22-11-20(31)7-4-18(22)10-19(15-42-26)30(32,33)34/h4-9,11-12,14,16,19,24-25,28,39H,2-3,10,13,15,35H2,1H3,(H,36,40)/t19-,24+,25-,28?/m1/s1. The average molecular weight is 606 g/mol. The second kappa shape index (κ2) is 12.1. The number of aliphatic hydroxyl groups excluding tert-OH is 1. The van der Waals surface area contributed by atoms with E-state index in [0.717, 1.165) is 12.8 Å². The number of carbonyl (C=O) groups excluding carboxylic acids is 1. The highest BCUT2D eigenvalue weighted by molar-refractivity contribution is 6.30. The summed E-state index contributed by atoms with van der Waals surface area (Å²) < 4.78 is 54.2. The molecule has 1 unspecified atom stereocenters. The van der Waals surface area contributed by atoms with Gasteiger partial charge in [-0.2, -0.15) is 13.2 Å². The van der Waals surface area contributed by atoms with Gasteiger partial charge in [-0.1, -0.05) is 29.8 Å². The lowest BCUT2D eigenvalue weighted by atomic mass is 9.91. The van der Waals surface area contributed by atoms with Crippen LogP contribution in [0.2, 0.25) is 5.02 Å². The molecule has 1 amide bonds. The van der Waals surface area contributed by atoms with E-state index in [1.807, 2.05) is 0 Å². The number of aliphatic hydroxyl groups is 1. The third-order valence-corrected chi connectivity index (χ3v) is 8.07. The summed E-state index contributed by atoms with van der Waals surface area (Å²) in [5, 5.41) is 12.7. The van der Waals surface area contributed by atoms with Crippen LogP contribution in [0.5, 0.6) is 5.75 Å². The number of alkyl halides is 3. The number of halogens is 4. The molecule has 1 fully saturated rings. The minimum Gasteiger partial charge on any atom is -0.491 e. The molecule has 4 N–H and O–H groups in total. The zero-order chi connectivity index (χ0) is 30.2. The Morgan fingerprint density at radius 1 is 1.19 bits per heavy atom. The second-order valence-electron chi connectivity index (χ2n) is 10.8. The smallest absolute Gasteiger partial charge is 0.395 e. The van der Waals surface area contributed by atoms with Crippen LogP contribution in [-0.4, -0.2) is 41.6 Å². The van der Waals surface area contributed by atoms with Crippen LogP contribution in [0, 0.1) is 11.8 Å². The molecule has 1 aromatic heterocycles. The van der Waals surface area contributed by atoms with Gasteiger partial charge >= 0.3 is 6.18 Å². The minimum atomic E-state index is -4.52. The fourth-order valence-corrected chi connectivity index (χ4v) is 5.48. The summed E-state index contributed by atoms with van der Waals surface area (Å²) in [4.78, 5) is 27.3. The number of amides is 1. The van der Waals surface area contributed by atoms with Crippen molar-refractivity contribution in [2.45, 2.75) is 50.2 Å². The third-order valence-electron chi connectivity index (χ3n) is 7.84. The number of rotatable bonds is 8. The van der Waals surface area contributed by atoms with Gasteiger partial charge in [-0.05, 0) is 66.1 Å². The Kier molecular flexibility index (Phi) is 8.66. The number of nitrogens with two attached hydrogens (primary N) is 1. The van der Waals surface area contributed by atoms with E-state index in [0.29, 0.717) is 33.0 Å². The second-order valence-corrected chi connectivity index (χ2v) is 11.2. The van der Waals surface area contributed by atoms with E-state index in [2.05, 4.69) is 5.32 Å². The first-order chi connectivity index (χ1) is 19.9. The zero-order valence-electron chi connectivity index (χ0n) is 22.7. The Hall–Kier alpha value is -3.38. The molecule has 5 rings (SSSR count). The van der Waals surface area contributed by atoms with Crippen molar-refractivity contribution >= 4 is 23.2 Å². The summed E-state index contributed by atoms with van der Waals surface area (Å²) in [5.74, 6) is -2.05. The lowest BCUT2D eigenvalue weighted by molar-refractivity contribution is -0.181. The Morgan fingerprint density at radius 3 is 2.52 bits per heavy atom. The Morgan fingerprint density at radius 2 is 1.90 bits per heavy atom. The number of aromatic nitrogens is 1. The first-order valence-electron chi connectivity index (χ1n) is 13.6. The number of ether oxygens (including phenoxy) is 2. The molecule has 0 bridgehead atoms. The highest BCUT2D eigenvalue weighted by atomic mass is 35.5. The molecular weight excluding hydrogens is 575 g/mol. The molecule has 1 aliphatic heterocycles. The number of hydrogen-bond acceptors (Lipinski definition) is 6. The number of anilines is 1. The van der Waals surface area contributed by atoms with E-state index in [9.17, 15) is 27.9 Å². The van der Waals surface area contributed by atoms with E-state index in [4.69, 9.17) is 26.8 Å². The first kappa shape index (κ1) is 30.1. The summed E-state index contributed by atoms with van der Waals surface area (Å²) in [6, 6.07) is 11.0. The molecule has 8 nitrogen and oxygen atoms in total. The average Bonchev–Trinajstić information content (AvgIpc) is 3.77. The summed E-state index contributed by atoms with van der Waals surface area (Å²) >= 11 is 6.21. The number of methoxy groups -OCH3 is 1. The molecule has 42 heavy (non-hydrogen) atoms. The van der Waals surface area contributed by atoms with E-state index in [-0.39, 0.29) is 30.6 Å². The van der Waals surface area contributed by atoms with Gasteiger partial charge in [0.2, 0.25) is 5.91 Å². The maximum Gasteiger partial charge on any atom is 0.395 e. The number of pyridine rings is 1. The summed E-state index contributed by atoms with van der Waals surface area (Å²) in [5.41, 5.74) is 6.86. The Balaban J connectivity index is 1.56. The van der Waals surface area contributed by atoms with Crippen molar-refractivity contribution in [1.82, 2.24) is 4.57 Å². The summed E-state index contributed by atoms with van der Waals surface area (Å²) in [6.45, 7) is -0.657. The van der Waals surface area contributed by atoms with Crippen LogP contribution in [-0.2, 0) is 16.0 Å². The number of fused-ring (bicyclic) bond motifs is 3. The highest BCUT2D eigenvalue weighted by Crippen LogP contribution is 2.41. The van der Waals surface area contributed by atoms with E-state index >= 15 is 0 Å². The van der Waals surface area contributed by atoms with Gasteiger partial charge in [0.1, 0.15) is 24.6 Å². The first-order valence-corrected chi connectivity index (χ1v) is 13.9. The largest absolute Gasteiger partial charge is 0.491 e. The van der Waals surface area contributed by atoms with Crippen molar-refractivity contribution in [2.75, 3.05) is 19.0 Å². The molecule has 2 heterocycles. The monoisotopic (exact) mass is 605 g/mol.